The summed E-state index contributed by atoms with van der Waals surface area (Å²) >= 11 is 1.48. The molecule has 6 heteroatoms. The Bertz CT molecular complexity index is 709. The molecule has 114 valence electrons. The average molecular weight is 378 g/mol. The molecule has 1 heterocycles. The van der Waals surface area contributed by atoms with Gasteiger partial charge in [-0.05, 0) is 23.7 Å². The third-order valence-electron chi connectivity index (χ3n) is 2.94. The van der Waals surface area contributed by atoms with Crippen LogP contribution in [0.4, 0.5) is 0 Å². The number of benzene rings is 2. The van der Waals surface area contributed by atoms with Crippen LogP contribution in [0.1, 0.15) is 0 Å². The SMILES string of the molecule is Br.OCC/N=c1/nc(-c2ccccc2)n(-c2ccccc2)s1. The van der Waals surface area contributed by atoms with Crippen molar-refractivity contribution >= 4 is 28.5 Å². The van der Waals surface area contributed by atoms with E-state index in [4.69, 9.17) is 5.11 Å². The summed E-state index contributed by atoms with van der Waals surface area (Å²) in [6, 6.07) is 20.1. The molecule has 0 aliphatic carbocycles. The number of aromatic nitrogens is 2. The molecule has 0 saturated carbocycles. The Kier molecular flexibility index (Phi) is 6.06. The normalized spacial score (nSPS) is 11.2. The molecule has 1 N–H and O–H groups in total. The van der Waals surface area contributed by atoms with Crippen molar-refractivity contribution in [1.29, 1.82) is 0 Å². The molecule has 4 nitrogen and oxygen atoms in total. The van der Waals surface area contributed by atoms with E-state index in [1.54, 1.807) is 0 Å². The second-order valence-electron chi connectivity index (χ2n) is 4.41. The zero-order chi connectivity index (χ0) is 14.5. The van der Waals surface area contributed by atoms with Crippen LogP contribution in [0.15, 0.2) is 65.7 Å². The van der Waals surface area contributed by atoms with Gasteiger partial charge in [0, 0.05) is 5.56 Å². The molecule has 3 rings (SSSR count). The molecule has 0 amide bonds. The van der Waals surface area contributed by atoms with Gasteiger partial charge in [0.05, 0.1) is 18.8 Å². The first-order chi connectivity index (χ1) is 10.4. The maximum Gasteiger partial charge on any atom is 0.223 e. The van der Waals surface area contributed by atoms with Gasteiger partial charge in [0.25, 0.3) is 0 Å². The maximum absolute atomic E-state index is 8.91. The minimum atomic E-state index is 0. The Morgan fingerprint density at radius 3 is 2.27 bits per heavy atom. The van der Waals surface area contributed by atoms with Crippen molar-refractivity contribution in [2.45, 2.75) is 0 Å². The second-order valence-corrected chi connectivity index (χ2v) is 5.32. The minimum Gasteiger partial charge on any atom is -0.394 e. The molecule has 0 fully saturated rings. The lowest BCUT2D eigenvalue weighted by Gasteiger charge is -2.05. The van der Waals surface area contributed by atoms with Gasteiger partial charge in [-0.3, -0.25) is 4.99 Å². The van der Waals surface area contributed by atoms with E-state index in [9.17, 15) is 0 Å². The zero-order valence-corrected chi connectivity index (χ0v) is 14.3. The molecule has 0 radical (unpaired) electrons. The predicted molar refractivity (Wildman–Crippen MR) is 94.7 cm³/mol. The van der Waals surface area contributed by atoms with Gasteiger partial charge >= 0.3 is 0 Å². The van der Waals surface area contributed by atoms with Crippen LogP contribution in [0.25, 0.3) is 17.1 Å². The van der Waals surface area contributed by atoms with Crippen molar-refractivity contribution < 1.29 is 5.11 Å². The average Bonchev–Trinajstić information content (AvgIpc) is 2.99. The molecule has 1 aromatic heterocycles. The van der Waals surface area contributed by atoms with Crippen molar-refractivity contribution in [2.75, 3.05) is 13.2 Å². The Morgan fingerprint density at radius 1 is 1.00 bits per heavy atom. The van der Waals surface area contributed by atoms with Gasteiger partial charge in [0.2, 0.25) is 4.80 Å². The summed E-state index contributed by atoms with van der Waals surface area (Å²) in [6.07, 6.45) is 0. The molecule has 3 aromatic rings. The highest BCUT2D eigenvalue weighted by molar-refractivity contribution is 8.93. The molecular weight excluding hydrogens is 362 g/mol. The van der Waals surface area contributed by atoms with Crippen molar-refractivity contribution in [3.05, 3.63) is 65.5 Å². The lowest BCUT2D eigenvalue weighted by atomic mass is 10.2. The summed E-state index contributed by atoms with van der Waals surface area (Å²) in [7, 11) is 0. The van der Waals surface area contributed by atoms with E-state index in [2.05, 4.69) is 13.9 Å². The van der Waals surface area contributed by atoms with Crippen LogP contribution in [0.5, 0.6) is 0 Å². The van der Waals surface area contributed by atoms with Crippen LogP contribution in [0.3, 0.4) is 0 Å². The number of aliphatic hydroxyl groups is 1. The Labute approximate surface area is 143 Å². The molecule has 0 saturated heterocycles. The number of aliphatic hydroxyl groups excluding tert-OH is 1. The van der Waals surface area contributed by atoms with E-state index < -0.39 is 0 Å². The van der Waals surface area contributed by atoms with Crippen LogP contribution in [0, 0.1) is 0 Å². The Balaban J connectivity index is 0.00000176. The first-order valence-electron chi connectivity index (χ1n) is 6.71. The van der Waals surface area contributed by atoms with E-state index in [0.29, 0.717) is 11.3 Å². The van der Waals surface area contributed by atoms with E-state index in [-0.39, 0.29) is 23.6 Å². The quantitative estimate of drug-likeness (QED) is 0.759. The number of hydrogen-bond acceptors (Lipinski definition) is 4. The summed E-state index contributed by atoms with van der Waals surface area (Å²) in [5, 5.41) is 8.91. The summed E-state index contributed by atoms with van der Waals surface area (Å²) in [5.74, 6) is 0.864. The molecular formula is C16H16BrN3OS. The van der Waals surface area contributed by atoms with Gasteiger partial charge in [-0.2, -0.15) is 4.98 Å². The molecule has 22 heavy (non-hydrogen) atoms. The van der Waals surface area contributed by atoms with Crippen molar-refractivity contribution in [1.82, 2.24) is 8.94 Å². The molecule has 2 aromatic carbocycles. The van der Waals surface area contributed by atoms with Crippen LogP contribution < -0.4 is 4.80 Å². The van der Waals surface area contributed by atoms with Crippen molar-refractivity contribution in [2.24, 2.45) is 4.99 Å². The van der Waals surface area contributed by atoms with Crippen LogP contribution in [0.2, 0.25) is 0 Å². The topological polar surface area (TPSA) is 50.4 Å². The monoisotopic (exact) mass is 377 g/mol. The smallest absolute Gasteiger partial charge is 0.223 e. The molecule has 0 aliphatic heterocycles. The zero-order valence-electron chi connectivity index (χ0n) is 11.8. The molecule has 0 spiro atoms. The highest BCUT2D eigenvalue weighted by Crippen LogP contribution is 2.21. The summed E-state index contributed by atoms with van der Waals surface area (Å²) in [5.41, 5.74) is 2.10. The fourth-order valence-corrected chi connectivity index (χ4v) is 2.90. The second kappa shape index (κ2) is 8.03. The van der Waals surface area contributed by atoms with Gasteiger partial charge in [0.1, 0.15) is 0 Å². The number of hydrogen-bond donors (Lipinski definition) is 1. The first-order valence-corrected chi connectivity index (χ1v) is 7.48. The summed E-state index contributed by atoms with van der Waals surface area (Å²) in [6.45, 7) is 0.405. The number of halogens is 1. The number of para-hydroxylation sites is 1. The van der Waals surface area contributed by atoms with Gasteiger partial charge in [-0.15, -0.1) is 17.0 Å². The predicted octanol–water partition coefficient (Wildman–Crippen LogP) is 3.07. The molecule has 0 unspecified atom stereocenters. The molecule has 0 aliphatic rings. The standard InChI is InChI=1S/C16H15N3OS.BrH/c20-12-11-17-16-18-15(13-7-3-1-4-8-13)19(21-16)14-9-5-2-6-10-14;/h1-10,20H,11-12H2;1H/b17-16-;. The summed E-state index contributed by atoms with van der Waals surface area (Å²) in [4.78, 5) is 9.56. The van der Waals surface area contributed by atoms with Crippen molar-refractivity contribution in [3.63, 3.8) is 0 Å². The third-order valence-corrected chi connectivity index (χ3v) is 3.89. The summed E-state index contributed by atoms with van der Waals surface area (Å²) < 4.78 is 2.06. The van der Waals surface area contributed by atoms with E-state index >= 15 is 0 Å². The van der Waals surface area contributed by atoms with Gasteiger partial charge in [-0.1, -0.05) is 48.5 Å². The highest BCUT2D eigenvalue weighted by atomic mass is 79.9. The van der Waals surface area contributed by atoms with Gasteiger partial charge in [0.15, 0.2) is 5.82 Å². The Hall–Kier alpha value is -1.76. The third kappa shape index (κ3) is 3.71. The van der Waals surface area contributed by atoms with E-state index in [1.165, 1.54) is 11.5 Å². The minimum absolute atomic E-state index is 0. The van der Waals surface area contributed by atoms with Gasteiger partial charge in [-0.25, -0.2) is 3.96 Å². The number of nitrogens with zero attached hydrogens (tertiary/aromatic N) is 3. The molecule has 0 atom stereocenters. The lowest BCUT2D eigenvalue weighted by Crippen LogP contribution is -2.01. The highest BCUT2D eigenvalue weighted by Gasteiger charge is 2.10. The fraction of sp³-hybridized carbons (Fsp3) is 0.125. The molecule has 0 bridgehead atoms. The van der Waals surface area contributed by atoms with Crippen LogP contribution in [-0.2, 0) is 0 Å². The van der Waals surface area contributed by atoms with E-state index in [0.717, 1.165) is 17.1 Å². The maximum atomic E-state index is 8.91. The van der Waals surface area contributed by atoms with Gasteiger partial charge < -0.3 is 5.11 Å². The Morgan fingerprint density at radius 2 is 1.64 bits per heavy atom. The first kappa shape index (κ1) is 16.6. The van der Waals surface area contributed by atoms with E-state index in [1.807, 2.05) is 60.7 Å². The van der Waals surface area contributed by atoms with Crippen LogP contribution >= 0.6 is 28.5 Å². The largest absolute Gasteiger partial charge is 0.394 e. The number of rotatable bonds is 4. The lowest BCUT2D eigenvalue weighted by molar-refractivity contribution is 0.305. The van der Waals surface area contributed by atoms with Crippen LogP contribution in [-0.4, -0.2) is 27.2 Å². The fourth-order valence-electron chi connectivity index (χ4n) is 2.00. The van der Waals surface area contributed by atoms with Crippen molar-refractivity contribution in [3.8, 4) is 17.1 Å².